The lowest BCUT2D eigenvalue weighted by Crippen LogP contribution is -2.12. The van der Waals surface area contributed by atoms with Crippen LogP contribution < -0.4 is 10.6 Å². The zero-order valence-corrected chi connectivity index (χ0v) is 15.3. The number of anilines is 4. The van der Waals surface area contributed by atoms with Gasteiger partial charge in [-0.15, -0.1) is 0 Å². The fraction of sp³-hybridized carbons (Fsp3) is 0.0588. The van der Waals surface area contributed by atoms with E-state index in [0.717, 1.165) is 10.7 Å². The third kappa shape index (κ3) is 4.64. The normalized spacial score (nSPS) is 11.3. The molecule has 0 aliphatic carbocycles. The largest absolute Gasteiger partial charge is 0.421 e. The van der Waals surface area contributed by atoms with Gasteiger partial charge in [0.05, 0.1) is 0 Å². The molecule has 4 nitrogen and oxygen atoms in total. The predicted molar refractivity (Wildman–Crippen MR) is 99.2 cm³/mol. The third-order valence-corrected chi connectivity index (χ3v) is 4.05. The van der Waals surface area contributed by atoms with E-state index in [9.17, 15) is 13.2 Å². The second-order valence-corrected chi connectivity index (χ2v) is 6.57. The van der Waals surface area contributed by atoms with Gasteiger partial charge in [-0.1, -0.05) is 33.6 Å². The third-order valence-electron chi connectivity index (χ3n) is 3.28. The Morgan fingerprint density at radius 2 is 1.69 bits per heavy atom. The monoisotopic (exact) mass is 442 g/mol. The van der Waals surface area contributed by atoms with E-state index in [1.165, 1.54) is 6.07 Å². The molecular formula is C17H11BrClF3N4. The molecule has 26 heavy (non-hydrogen) atoms. The van der Waals surface area contributed by atoms with Gasteiger partial charge >= 0.3 is 6.18 Å². The van der Waals surface area contributed by atoms with Gasteiger partial charge in [0, 0.05) is 27.1 Å². The Hall–Kier alpha value is -2.32. The minimum absolute atomic E-state index is 0.0323. The van der Waals surface area contributed by atoms with Gasteiger partial charge in [-0.3, -0.25) is 0 Å². The summed E-state index contributed by atoms with van der Waals surface area (Å²) < 4.78 is 40.7. The summed E-state index contributed by atoms with van der Waals surface area (Å²) >= 11 is 9.19. The van der Waals surface area contributed by atoms with E-state index in [-0.39, 0.29) is 11.8 Å². The Balaban J connectivity index is 1.94. The van der Waals surface area contributed by atoms with E-state index < -0.39 is 11.7 Å². The fourth-order valence-corrected chi connectivity index (χ4v) is 2.56. The molecule has 0 aliphatic heterocycles. The summed E-state index contributed by atoms with van der Waals surface area (Å²) in [6.07, 6.45) is -3.86. The van der Waals surface area contributed by atoms with Crippen LogP contribution in [0.5, 0.6) is 0 Å². The second-order valence-electron chi connectivity index (χ2n) is 5.22. The van der Waals surface area contributed by atoms with E-state index >= 15 is 0 Å². The van der Waals surface area contributed by atoms with Crippen molar-refractivity contribution in [2.24, 2.45) is 0 Å². The molecule has 0 unspecified atom stereocenters. The van der Waals surface area contributed by atoms with E-state index in [1.807, 2.05) is 0 Å². The molecule has 0 spiro atoms. The summed E-state index contributed by atoms with van der Waals surface area (Å²) in [6, 6.07) is 13.4. The Kier molecular flexibility index (Phi) is 5.33. The molecule has 0 radical (unpaired) electrons. The molecular weight excluding hydrogens is 433 g/mol. The molecule has 0 aliphatic rings. The first-order valence-corrected chi connectivity index (χ1v) is 8.48. The fourth-order valence-electron chi connectivity index (χ4n) is 2.11. The van der Waals surface area contributed by atoms with Crippen LogP contribution in [0.25, 0.3) is 0 Å². The summed E-state index contributed by atoms with van der Waals surface area (Å²) in [6.45, 7) is 0. The zero-order chi connectivity index (χ0) is 18.7. The van der Waals surface area contributed by atoms with Crippen LogP contribution in [0.2, 0.25) is 5.02 Å². The molecule has 3 aromatic rings. The highest BCUT2D eigenvalue weighted by molar-refractivity contribution is 9.10. The minimum Gasteiger partial charge on any atom is -0.340 e. The standard InChI is InChI=1S/C17H11BrClF3N4/c18-10-4-6-12(7-5-10)25-16-23-9-14(17(20,21)22)15(26-16)24-13-3-1-2-11(19)8-13/h1-9H,(H2,23,24,25,26). The predicted octanol–water partition coefficient (Wildman–Crippen LogP) is 6.40. The highest BCUT2D eigenvalue weighted by Crippen LogP contribution is 2.35. The number of nitrogens with zero attached hydrogens (tertiary/aromatic N) is 2. The molecule has 1 heterocycles. The maximum absolute atomic E-state index is 13.3. The molecule has 2 N–H and O–H groups in total. The summed E-state index contributed by atoms with van der Waals surface area (Å²) in [5, 5.41) is 5.92. The van der Waals surface area contributed by atoms with E-state index in [2.05, 4.69) is 36.5 Å². The van der Waals surface area contributed by atoms with Gasteiger partial charge in [-0.25, -0.2) is 4.98 Å². The number of hydrogen-bond acceptors (Lipinski definition) is 4. The smallest absolute Gasteiger partial charge is 0.340 e. The van der Waals surface area contributed by atoms with Crippen LogP contribution in [0.15, 0.2) is 59.2 Å². The first-order chi connectivity index (χ1) is 12.3. The average molecular weight is 444 g/mol. The number of hydrogen-bond donors (Lipinski definition) is 2. The highest BCUT2D eigenvalue weighted by atomic mass is 79.9. The van der Waals surface area contributed by atoms with E-state index in [0.29, 0.717) is 16.4 Å². The van der Waals surface area contributed by atoms with Crippen LogP contribution in [0.1, 0.15) is 5.56 Å². The van der Waals surface area contributed by atoms with Gasteiger partial charge in [0.1, 0.15) is 11.4 Å². The van der Waals surface area contributed by atoms with Gasteiger partial charge in [0.15, 0.2) is 0 Å². The molecule has 0 saturated heterocycles. The zero-order valence-electron chi connectivity index (χ0n) is 13.0. The van der Waals surface area contributed by atoms with Crippen molar-refractivity contribution in [3.63, 3.8) is 0 Å². The van der Waals surface area contributed by atoms with Crippen molar-refractivity contribution >= 4 is 50.7 Å². The molecule has 134 valence electrons. The number of rotatable bonds is 4. The quantitative estimate of drug-likeness (QED) is 0.490. The van der Waals surface area contributed by atoms with E-state index in [4.69, 9.17) is 11.6 Å². The maximum Gasteiger partial charge on any atom is 0.421 e. The van der Waals surface area contributed by atoms with Crippen LogP contribution in [-0.4, -0.2) is 9.97 Å². The molecule has 9 heteroatoms. The first-order valence-electron chi connectivity index (χ1n) is 7.31. The van der Waals surface area contributed by atoms with Crippen molar-refractivity contribution in [1.29, 1.82) is 0 Å². The molecule has 0 atom stereocenters. The van der Waals surface area contributed by atoms with Gasteiger partial charge in [-0.05, 0) is 42.5 Å². The Morgan fingerprint density at radius 3 is 2.35 bits per heavy atom. The molecule has 1 aromatic heterocycles. The van der Waals surface area contributed by atoms with Crippen molar-refractivity contribution in [3.05, 3.63) is 69.8 Å². The van der Waals surface area contributed by atoms with Crippen LogP contribution in [0.4, 0.5) is 36.3 Å². The lowest BCUT2D eigenvalue weighted by atomic mass is 10.2. The summed E-state index contributed by atoms with van der Waals surface area (Å²) in [5.41, 5.74) is 0.0526. The van der Waals surface area contributed by atoms with Crippen molar-refractivity contribution < 1.29 is 13.2 Å². The van der Waals surface area contributed by atoms with Crippen LogP contribution in [-0.2, 0) is 6.18 Å². The van der Waals surface area contributed by atoms with Crippen molar-refractivity contribution in [1.82, 2.24) is 9.97 Å². The molecule has 2 aromatic carbocycles. The summed E-state index contributed by atoms with van der Waals surface area (Å²) in [7, 11) is 0. The minimum atomic E-state index is -4.60. The van der Waals surface area contributed by atoms with Crippen molar-refractivity contribution in [3.8, 4) is 0 Å². The average Bonchev–Trinajstić information content (AvgIpc) is 2.56. The number of aromatic nitrogens is 2. The van der Waals surface area contributed by atoms with Crippen molar-refractivity contribution in [2.45, 2.75) is 6.18 Å². The topological polar surface area (TPSA) is 49.8 Å². The van der Waals surface area contributed by atoms with Crippen LogP contribution in [0, 0.1) is 0 Å². The van der Waals surface area contributed by atoms with Gasteiger partial charge in [0.2, 0.25) is 5.95 Å². The lowest BCUT2D eigenvalue weighted by molar-refractivity contribution is -0.137. The molecule has 3 rings (SSSR count). The lowest BCUT2D eigenvalue weighted by Gasteiger charge is -2.15. The van der Waals surface area contributed by atoms with Crippen LogP contribution in [0.3, 0.4) is 0 Å². The van der Waals surface area contributed by atoms with Gasteiger partial charge < -0.3 is 10.6 Å². The van der Waals surface area contributed by atoms with Crippen LogP contribution >= 0.6 is 27.5 Å². The maximum atomic E-state index is 13.3. The van der Waals surface area contributed by atoms with E-state index in [1.54, 1.807) is 42.5 Å². The Bertz CT molecular complexity index is 917. The number of benzene rings is 2. The molecule has 0 fully saturated rings. The Morgan fingerprint density at radius 1 is 0.962 bits per heavy atom. The van der Waals surface area contributed by atoms with Crippen molar-refractivity contribution in [2.75, 3.05) is 10.6 Å². The molecule has 0 bridgehead atoms. The van der Waals surface area contributed by atoms with Gasteiger partial charge in [-0.2, -0.15) is 18.2 Å². The Labute approximate surface area is 160 Å². The SMILES string of the molecule is FC(F)(F)c1cnc(Nc2ccc(Br)cc2)nc1Nc1cccc(Cl)c1. The van der Waals surface area contributed by atoms with Gasteiger partial charge in [0.25, 0.3) is 0 Å². The number of nitrogens with one attached hydrogen (secondary N) is 2. The second kappa shape index (κ2) is 7.51. The first kappa shape index (κ1) is 18.5. The molecule has 0 saturated carbocycles. The molecule has 0 amide bonds. The highest BCUT2D eigenvalue weighted by Gasteiger charge is 2.35. The summed E-state index contributed by atoms with van der Waals surface area (Å²) in [5.74, 6) is -0.334. The number of halogens is 5. The summed E-state index contributed by atoms with van der Waals surface area (Å²) in [4.78, 5) is 7.74. The number of alkyl halides is 3.